The molecule has 154 valence electrons. The van der Waals surface area contributed by atoms with Crippen LogP contribution in [0.25, 0.3) is 0 Å². The monoisotopic (exact) mass is 452 g/mol. The van der Waals surface area contributed by atoms with Crippen LogP contribution in [0.1, 0.15) is 25.9 Å². The van der Waals surface area contributed by atoms with E-state index in [9.17, 15) is 4.79 Å². The number of ether oxygens (including phenoxy) is 2. The lowest BCUT2D eigenvalue weighted by Gasteiger charge is -2.23. The van der Waals surface area contributed by atoms with Crippen molar-refractivity contribution in [2.45, 2.75) is 19.8 Å². The number of aromatic nitrogens is 1. The number of aliphatic hydroxyl groups excluding tert-OH is 1. The summed E-state index contributed by atoms with van der Waals surface area (Å²) in [4.78, 5) is 19.6. The maximum Gasteiger partial charge on any atom is 0.264 e. The van der Waals surface area contributed by atoms with Gasteiger partial charge in [0.1, 0.15) is 17.4 Å². The van der Waals surface area contributed by atoms with E-state index in [1.807, 2.05) is 17.5 Å². The standard InChI is InChI=1S/C20H21ClN2O4S2/c1-26-7-6-23(20(25)18-3-2-8-28-18)10-14-9-15(21)4-5-17(14)27-12-19-22-16(11-24)13-29-19/h2-5,8-9,13,24H,6-7,10-12H2,1H3. The minimum Gasteiger partial charge on any atom is -0.486 e. The highest BCUT2D eigenvalue weighted by molar-refractivity contribution is 7.12. The van der Waals surface area contributed by atoms with Crippen LogP contribution in [-0.4, -0.2) is 41.2 Å². The van der Waals surface area contributed by atoms with Crippen molar-refractivity contribution in [3.8, 4) is 5.75 Å². The number of nitrogens with zero attached hydrogens (tertiary/aromatic N) is 2. The second kappa shape index (κ2) is 10.7. The Morgan fingerprint density at radius 3 is 2.86 bits per heavy atom. The summed E-state index contributed by atoms with van der Waals surface area (Å²) in [7, 11) is 1.61. The van der Waals surface area contributed by atoms with Crippen LogP contribution in [0.3, 0.4) is 0 Å². The molecule has 0 radical (unpaired) electrons. The van der Waals surface area contributed by atoms with Crippen LogP contribution in [0.15, 0.2) is 41.1 Å². The topological polar surface area (TPSA) is 71.9 Å². The van der Waals surface area contributed by atoms with E-state index in [1.54, 1.807) is 35.6 Å². The fraction of sp³-hybridized carbons (Fsp3) is 0.300. The van der Waals surface area contributed by atoms with Crippen molar-refractivity contribution in [3.05, 3.63) is 67.3 Å². The molecule has 6 nitrogen and oxygen atoms in total. The molecule has 3 rings (SSSR count). The fourth-order valence-electron chi connectivity index (χ4n) is 2.66. The second-order valence-corrected chi connectivity index (χ2v) is 8.46. The number of aliphatic hydroxyl groups is 1. The number of methoxy groups -OCH3 is 1. The Balaban J connectivity index is 1.77. The molecule has 0 aliphatic heterocycles. The van der Waals surface area contributed by atoms with Crippen molar-refractivity contribution in [3.63, 3.8) is 0 Å². The van der Waals surface area contributed by atoms with Gasteiger partial charge in [-0.15, -0.1) is 22.7 Å². The van der Waals surface area contributed by atoms with Gasteiger partial charge in [-0.2, -0.15) is 0 Å². The van der Waals surface area contributed by atoms with Crippen molar-refractivity contribution in [1.29, 1.82) is 0 Å². The van der Waals surface area contributed by atoms with Gasteiger partial charge in [-0.05, 0) is 29.6 Å². The van der Waals surface area contributed by atoms with Gasteiger partial charge in [0.25, 0.3) is 5.91 Å². The van der Waals surface area contributed by atoms with Crippen molar-refractivity contribution in [2.24, 2.45) is 0 Å². The number of carbonyl (C=O) groups is 1. The quantitative estimate of drug-likeness (QED) is 0.498. The average molecular weight is 453 g/mol. The van der Waals surface area contributed by atoms with Crippen LogP contribution in [0.5, 0.6) is 5.75 Å². The lowest BCUT2D eigenvalue weighted by Crippen LogP contribution is -2.33. The molecule has 0 saturated heterocycles. The van der Waals surface area contributed by atoms with Crippen LogP contribution >= 0.6 is 34.3 Å². The molecule has 0 spiro atoms. The van der Waals surface area contributed by atoms with Gasteiger partial charge >= 0.3 is 0 Å². The molecule has 2 heterocycles. The van der Waals surface area contributed by atoms with Crippen molar-refractivity contribution in [2.75, 3.05) is 20.3 Å². The van der Waals surface area contributed by atoms with Gasteiger partial charge in [-0.3, -0.25) is 4.79 Å². The molecule has 0 aliphatic rings. The lowest BCUT2D eigenvalue weighted by atomic mass is 10.1. The van der Waals surface area contributed by atoms with Crippen molar-refractivity contribution in [1.82, 2.24) is 9.88 Å². The molecular formula is C20H21ClN2O4S2. The summed E-state index contributed by atoms with van der Waals surface area (Å²) in [5.41, 5.74) is 1.43. The Hall–Kier alpha value is -1.97. The van der Waals surface area contributed by atoms with Crippen molar-refractivity contribution >= 4 is 40.2 Å². The number of thiophene rings is 1. The van der Waals surface area contributed by atoms with Gasteiger partial charge < -0.3 is 19.5 Å². The first-order valence-electron chi connectivity index (χ1n) is 8.87. The maximum atomic E-state index is 12.9. The van der Waals surface area contributed by atoms with Crippen molar-refractivity contribution < 1.29 is 19.4 Å². The summed E-state index contributed by atoms with van der Waals surface area (Å²) in [5, 5.41) is 14.2. The smallest absolute Gasteiger partial charge is 0.264 e. The van der Waals surface area contributed by atoms with E-state index < -0.39 is 0 Å². The molecule has 1 aromatic carbocycles. The summed E-state index contributed by atoms with van der Waals surface area (Å²) in [6.07, 6.45) is 0. The highest BCUT2D eigenvalue weighted by Crippen LogP contribution is 2.27. The number of hydrogen-bond donors (Lipinski definition) is 1. The zero-order valence-electron chi connectivity index (χ0n) is 15.8. The van der Waals surface area contributed by atoms with E-state index in [-0.39, 0.29) is 19.1 Å². The molecule has 1 N–H and O–H groups in total. The number of benzene rings is 1. The van der Waals surface area contributed by atoms with Gasteiger partial charge in [0.15, 0.2) is 0 Å². The lowest BCUT2D eigenvalue weighted by molar-refractivity contribution is 0.0683. The highest BCUT2D eigenvalue weighted by atomic mass is 35.5. The van der Waals surface area contributed by atoms with Gasteiger partial charge in [0, 0.05) is 36.2 Å². The summed E-state index contributed by atoms with van der Waals surface area (Å²) < 4.78 is 11.1. The van der Waals surface area contributed by atoms with Crippen LogP contribution in [-0.2, 0) is 24.5 Å². The third kappa shape index (κ3) is 6.01. The van der Waals surface area contributed by atoms with Gasteiger partial charge in [0.05, 0.1) is 23.8 Å². The Kier molecular flexibility index (Phi) is 8.02. The number of amides is 1. The van der Waals surface area contributed by atoms with Gasteiger partial charge in [-0.1, -0.05) is 17.7 Å². The van der Waals surface area contributed by atoms with E-state index >= 15 is 0 Å². The normalized spacial score (nSPS) is 10.9. The Morgan fingerprint density at radius 2 is 2.17 bits per heavy atom. The molecule has 2 aromatic heterocycles. The molecule has 0 aliphatic carbocycles. The van der Waals surface area contributed by atoms with Crippen LogP contribution in [0.4, 0.5) is 0 Å². The number of carbonyl (C=O) groups excluding carboxylic acids is 1. The summed E-state index contributed by atoms with van der Waals surface area (Å²) in [6, 6.07) is 9.02. The molecular weight excluding hydrogens is 432 g/mol. The molecule has 0 atom stereocenters. The minimum absolute atomic E-state index is 0.0597. The fourth-order valence-corrected chi connectivity index (χ4v) is 4.24. The zero-order valence-corrected chi connectivity index (χ0v) is 18.2. The molecule has 0 saturated carbocycles. The first-order valence-corrected chi connectivity index (χ1v) is 11.0. The van der Waals surface area contributed by atoms with Gasteiger partial charge in [-0.25, -0.2) is 4.98 Å². The molecule has 9 heteroatoms. The summed E-state index contributed by atoms with van der Waals surface area (Å²) in [5.74, 6) is 0.576. The SMILES string of the molecule is COCCN(Cc1cc(Cl)ccc1OCc1nc(CO)cs1)C(=O)c1cccs1. The molecule has 0 fully saturated rings. The number of hydrogen-bond acceptors (Lipinski definition) is 7. The number of thiazole rings is 1. The summed E-state index contributed by atoms with van der Waals surface area (Å²) >= 11 is 9.04. The largest absolute Gasteiger partial charge is 0.486 e. The van der Waals surface area contributed by atoms with E-state index in [0.717, 1.165) is 10.6 Å². The Bertz CT molecular complexity index is 930. The second-order valence-electron chi connectivity index (χ2n) is 6.13. The Labute approximate surface area is 182 Å². The molecule has 0 bridgehead atoms. The third-order valence-electron chi connectivity index (χ3n) is 4.08. The zero-order chi connectivity index (χ0) is 20.6. The van der Waals surface area contributed by atoms with E-state index in [1.165, 1.54) is 22.7 Å². The minimum atomic E-state index is -0.0953. The van der Waals surface area contributed by atoms with Crippen LogP contribution in [0, 0.1) is 0 Å². The van der Waals surface area contributed by atoms with Crippen LogP contribution < -0.4 is 4.74 Å². The first kappa shape index (κ1) is 21.7. The average Bonchev–Trinajstić information content (AvgIpc) is 3.41. The van der Waals surface area contributed by atoms with E-state index in [4.69, 9.17) is 26.2 Å². The maximum absolute atomic E-state index is 12.9. The first-order chi connectivity index (χ1) is 14.1. The molecule has 0 unspecified atom stereocenters. The van der Waals surface area contributed by atoms with E-state index in [0.29, 0.717) is 41.0 Å². The summed E-state index contributed by atoms with van der Waals surface area (Å²) in [6.45, 7) is 1.40. The van der Waals surface area contributed by atoms with E-state index in [2.05, 4.69) is 4.98 Å². The predicted molar refractivity (Wildman–Crippen MR) is 115 cm³/mol. The molecule has 29 heavy (non-hydrogen) atoms. The number of rotatable bonds is 10. The predicted octanol–water partition coefficient (Wildman–Crippen LogP) is 4.22. The molecule has 3 aromatic rings. The third-order valence-corrected chi connectivity index (χ3v) is 6.04. The number of halogens is 1. The molecule has 1 amide bonds. The van der Waals surface area contributed by atoms with Gasteiger partial charge in [0.2, 0.25) is 0 Å². The Morgan fingerprint density at radius 1 is 1.31 bits per heavy atom. The van der Waals surface area contributed by atoms with Crippen LogP contribution in [0.2, 0.25) is 5.02 Å². The highest BCUT2D eigenvalue weighted by Gasteiger charge is 2.19.